The number of pyridine rings is 1. The molecule has 0 N–H and O–H groups in total. The van der Waals surface area contributed by atoms with E-state index in [9.17, 15) is 14.7 Å². The van der Waals surface area contributed by atoms with Crippen LogP contribution in [0.4, 0.5) is 10.5 Å². The van der Waals surface area contributed by atoms with Gasteiger partial charge >= 0.3 is 0 Å². The fraction of sp³-hybridized carbons (Fsp3) is 0.458. The van der Waals surface area contributed by atoms with E-state index in [0.29, 0.717) is 25.3 Å². The Morgan fingerprint density at radius 3 is 2.38 bits per heavy atom. The minimum Gasteiger partial charge on any atom is -0.498 e. The van der Waals surface area contributed by atoms with Gasteiger partial charge in [0.25, 0.3) is 12.0 Å². The third-order valence-corrected chi connectivity index (χ3v) is 7.02. The van der Waals surface area contributed by atoms with Crippen LogP contribution in [-0.2, 0) is 6.54 Å². The fourth-order valence-corrected chi connectivity index (χ4v) is 4.92. The topological polar surface area (TPSA) is 76.6 Å². The van der Waals surface area contributed by atoms with Crippen molar-refractivity contribution >= 4 is 33.6 Å². The van der Waals surface area contributed by atoms with Crippen LogP contribution in [0.5, 0.6) is 0 Å². The molecule has 1 aliphatic heterocycles. The lowest BCUT2D eigenvalue weighted by Crippen LogP contribution is -2.76. The zero-order valence-corrected chi connectivity index (χ0v) is 20.9. The maximum atomic E-state index is 12.7. The zero-order chi connectivity index (χ0) is 23.7. The summed E-state index contributed by atoms with van der Waals surface area (Å²) < 4.78 is 0.797. The molecule has 0 aliphatic carbocycles. The summed E-state index contributed by atoms with van der Waals surface area (Å²) >= 11 is 3.33. The van der Waals surface area contributed by atoms with Crippen LogP contribution in [0.1, 0.15) is 43.7 Å². The van der Waals surface area contributed by atoms with E-state index in [1.807, 2.05) is 52.0 Å². The van der Waals surface area contributed by atoms with Gasteiger partial charge in [-0.3, -0.25) is 14.2 Å². The Morgan fingerprint density at radius 1 is 1.22 bits per heavy atom. The van der Waals surface area contributed by atoms with E-state index in [1.165, 1.54) is 0 Å². The van der Waals surface area contributed by atoms with Gasteiger partial charge in [-0.1, -0.05) is 12.1 Å². The van der Waals surface area contributed by atoms with Gasteiger partial charge in [-0.25, -0.2) is 4.98 Å². The minimum atomic E-state index is -0.998. The highest BCUT2D eigenvalue weighted by atomic mass is 79.9. The molecule has 7 nitrogen and oxygen atoms in total. The van der Waals surface area contributed by atoms with Gasteiger partial charge in [0, 0.05) is 36.5 Å². The van der Waals surface area contributed by atoms with Gasteiger partial charge in [-0.2, -0.15) is 0 Å². The molecule has 32 heavy (non-hydrogen) atoms. The number of hydrogen-bond acceptors (Lipinski definition) is 5. The molecule has 1 aromatic carbocycles. The smallest absolute Gasteiger partial charge is 0.276 e. The summed E-state index contributed by atoms with van der Waals surface area (Å²) in [5.74, 6) is -0.173. The van der Waals surface area contributed by atoms with Gasteiger partial charge in [0.2, 0.25) is 0 Å². The number of rotatable bonds is 4. The van der Waals surface area contributed by atoms with Crippen molar-refractivity contribution in [1.29, 1.82) is 0 Å². The Hall–Kier alpha value is -2.29. The van der Waals surface area contributed by atoms with E-state index in [0.717, 1.165) is 22.3 Å². The number of piperazine rings is 1. The number of anilines is 1. The van der Waals surface area contributed by atoms with Crippen LogP contribution in [-0.4, -0.2) is 64.6 Å². The number of hydrogen-bond donors (Lipinski definition) is 0. The molecule has 172 valence electrons. The molecular weight excluding hydrogens is 472 g/mol. The maximum Gasteiger partial charge on any atom is 0.276 e. The van der Waals surface area contributed by atoms with Crippen LogP contribution < -0.4 is 10.0 Å². The quantitative estimate of drug-likeness (QED) is 0.599. The van der Waals surface area contributed by atoms with Gasteiger partial charge in [0.15, 0.2) is 0 Å². The zero-order valence-electron chi connectivity index (χ0n) is 19.3. The van der Waals surface area contributed by atoms with Crippen LogP contribution in [0, 0.1) is 0 Å². The second-order valence-electron chi connectivity index (χ2n) is 9.51. The third-order valence-electron chi connectivity index (χ3n) is 6.55. The largest absolute Gasteiger partial charge is 0.498 e. The molecule has 1 fully saturated rings. The summed E-state index contributed by atoms with van der Waals surface area (Å²) in [6, 6.07) is 11.3. The summed E-state index contributed by atoms with van der Waals surface area (Å²) in [4.78, 5) is 32.8. The Bertz CT molecular complexity index is 972. The predicted octanol–water partition coefficient (Wildman–Crippen LogP) is 3.28. The van der Waals surface area contributed by atoms with Crippen LogP contribution in [0.3, 0.4) is 0 Å². The molecule has 2 atom stereocenters. The van der Waals surface area contributed by atoms with Gasteiger partial charge in [-0.05, 0) is 73.5 Å². The molecule has 3 rings (SSSR count). The highest BCUT2D eigenvalue weighted by Crippen LogP contribution is 2.32. The lowest BCUT2D eigenvalue weighted by atomic mass is 9.95. The molecule has 1 unspecified atom stereocenters. The first-order valence-electron chi connectivity index (χ1n) is 10.8. The molecule has 2 amide bonds. The highest BCUT2D eigenvalue weighted by molar-refractivity contribution is 9.10. The lowest BCUT2D eigenvalue weighted by molar-refractivity contribution is -0.943. The van der Waals surface area contributed by atoms with Crippen LogP contribution >= 0.6 is 15.9 Å². The first-order valence-corrected chi connectivity index (χ1v) is 11.6. The molecule has 0 bridgehead atoms. The van der Waals surface area contributed by atoms with E-state index in [2.05, 4.69) is 25.8 Å². The molecule has 0 radical (unpaired) electrons. The lowest BCUT2D eigenvalue weighted by Gasteiger charge is -2.55. The second kappa shape index (κ2) is 9.29. The van der Waals surface area contributed by atoms with Gasteiger partial charge in [0.1, 0.15) is 11.7 Å². The molecule has 1 saturated heterocycles. The van der Waals surface area contributed by atoms with E-state index in [4.69, 9.17) is 0 Å². The van der Waals surface area contributed by atoms with E-state index < -0.39 is 11.6 Å². The Kier molecular flexibility index (Phi) is 7.07. The Morgan fingerprint density at radius 2 is 1.88 bits per heavy atom. The molecule has 0 spiro atoms. The Balaban J connectivity index is 1.66. The van der Waals surface area contributed by atoms with E-state index >= 15 is 0 Å². The first-order chi connectivity index (χ1) is 15.0. The molecule has 1 aromatic heterocycles. The number of aromatic nitrogens is 1. The van der Waals surface area contributed by atoms with E-state index in [1.54, 1.807) is 30.3 Å². The summed E-state index contributed by atoms with van der Waals surface area (Å²) in [6.45, 7) is 10.5. The van der Waals surface area contributed by atoms with Crippen molar-refractivity contribution < 1.29 is 19.2 Å². The fourth-order valence-electron chi connectivity index (χ4n) is 4.68. The van der Waals surface area contributed by atoms with Crippen molar-refractivity contribution in [3.05, 3.63) is 58.3 Å². The first kappa shape index (κ1) is 24.4. The summed E-state index contributed by atoms with van der Waals surface area (Å²) in [5.41, 5.74) is 1.87. The van der Waals surface area contributed by atoms with Crippen LogP contribution in [0.15, 0.2) is 47.1 Å². The number of carboxylic acid groups (broad SMARTS) is 1. The van der Waals surface area contributed by atoms with Crippen molar-refractivity contribution in [3.63, 3.8) is 0 Å². The predicted molar refractivity (Wildman–Crippen MR) is 126 cm³/mol. The second-order valence-corrected chi connectivity index (χ2v) is 10.4. The van der Waals surface area contributed by atoms with Crippen LogP contribution in [0.25, 0.3) is 0 Å². The molecule has 0 saturated carbocycles. The average Bonchev–Trinajstić information content (AvgIpc) is 2.73. The third kappa shape index (κ3) is 4.72. The average molecular weight is 503 g/mol. The maximum absolute atomic E-state index is 12.7. The minimum absolute atomic E-state index is 0.0283. The van der Waals surface area contributed by atoms with Crippen molar-refractivity contribution in [2.24, 2.45) is 0 Å². The summed E-state index contributed by atoms with van der Waals surface area (Å²) in [6.07, 6.45) is 0.610. The normalized spacial score (nSPS) is 21.9. The van der Waals surface area contributed by atoms with Crippen molar-refractivity contribution in [3.8, 4) is 0 Å². The standard InChI is InChI=1S/C24H31BrN4O3/c1-17-15-28(12-13-29(17,23(31)32)24(2,3)4)16-18-6-9-20(10-7-18)27(5)22(30)21-11-8-19(25)14-26-21/h6-11,14,17H,12-13,15-16H2,1-5H3/t17-,29?/m0/s1. The van der Waals surface area contributed by atoms with Crippen LogP contribution in [0.2, 0.25) is 0 Å². The number of benzene rings is 1. The summed E-state index contributed by atoms with van der Waals surface area (Å²) in [7, 11) is 1.73. The van der Waals surface area contributed by atoms with Crippen molar-refractivity contribution in [2.75, 3.05) is 31.6 Å². The molecule has 2 aromatic rings. The number of nitrogens with zero attached hydrogens (tertiary/aromatic N) is 4. The Labute approximate surface area is 198 Å². The van der Waals surface area contributed by atoms with Crippen molar-refractivity contribution in [1.82, 2.24) is 9.88 Å². The summed E-state index contributed by atoms with van der Waals surface area (Å²) in [5, 5.41) is 12.1. The SMILES string of the molecule is C[C@H]1CN(Cc2ccc(N(C)C(=O)c3ccc(Br)cn3)cc2)CC[N+]1(C(=O)[O-])C(C)(C)C. The number of quaternary nitrogens is 1. The molecule has 8 heteroatoms. The van der Waals surface area contributed by atoms with Gasteiger partial charge in [-0.15, -0.1) is 0 Å². The highest BCUT2D eigenvalue weighted by Gasteiger charge is 2.49. The number of amides is 2. The molecular formula is C24H31BrN4O3. The van der Waals surface area contributed by atoms with E-state index in [-0.39, 0.29) is 16.4 Å². The van der Waals surface area contributed by atoms with Gasteiger partial charge in [0.05, 0.1) is 18.6 Å². The molecule has 2 heterocycles. The number of carbonyl (C=O) groups is 2. The monoisotopic (exact) mass is 502 g/mol. The number of carbonyl (C=O) groups excluding carboxylic acids is 2. The van der Waals surface area contributed by atoms with Gasteiger partial charge < -0.3 is 14.8 Å². The van der Waals surface area contributed by atoms with Crippen molar-refractivity contribution in [2.45, 2.75) is 45.8 Å². The number of halogens is 1. The molecule has 1 aliphatic rings.